The molecule has 2 nitrogen and oxygen atoms in total. The Morgan fingerprint density at radius 2 is 1.48 bits per heavy atom. The number of aromatic nitrogens is 1. The number of pyridine rings is 1. The highest BCUT2D eigenvalue weighted by Crippen LogP contribution is 2.34. The van der Waals surface area contributed by atoms with Gasteiger partial charge in [-0.2, -0.15) is 0 Å². The van der Waals surface area contributed by atoms with Crippen molar-refractivity contribution in [3.63, 3.8) is 0 Å². The molecule has 1 aromatic heterocycles. The highest BCUT2D eigenvalue weighted by atomic mass is 16.5. The molecule has 3 rings (SSSR count). The zero-order valence-electron chi connectivity index (χ0n) is 20.0. The first-order chi connectivity index (χ1) is 15.3. The first-order valence-electron chi connectivity index (χ1n) is 13.0. The van der Waals surface area contributed by atoms with Crippen molar-refractivity contribution in [2.24, 2.45) is 11.8 Å². The minimum atomic E-state index is 0.816. The Morgan fingerprint density at radius 1 is 0.774 bits per heavy atom. The van der Waals surface area contributed by atoms with Crippen LogP contribution in [-0.4, -0.2) is 11.6 Å². The van der Waals surface area contributed by atoms with E-state index >= 15 is 0 Å². The Balaban J connectivity index is 1.39. The van der Waals surface area contributed by atoms with E-state index in [1.807, 2.05) is 0 Å². The van der Waals surface area contributed by atoms with E-state index < -0.39 is 0 Å². The van der Waals surface area contributed by atoms with Gasteiger partial charge in [0.25, 0.3) is 0 Å². The smallest absolute Gasteiger partial charge is 0.119 e. The zero-order chi connectivity index (χ0) is 21.7. The van der Waals surface area contributed by atoms with Gasteiger partial charge in [-0.25, -0.2) is 0 Å². The van der Waals surface area contributed by atoms with Gasteiger partial charge in [0.05, 0.1) is 12.3 Å². The normalized spacial score (nSPS) is 18.8. The molecule has 1 fully saturated rings. The lowest BCUT2D eigenvalue weighted by atomic mass is 9.78. The molecule has 0 amide bonds. The predicted octanol–water partition coefficient (Wildman–Crippen LogP) is 8.64. The molecule has 1 aliphatic carbocycles. The Kier molecular flexibility index (Phi) is 10.4. The van der Waals surface area contributed by atoms with E-state index in [0.29, 0.717) is 0 Å². The second-order valence-corrected chi connectivity index (χ2v) is 9.55. The molecular weight excluding hydrogens is 378 g/mol. The van der Waals surface area contributed by atoms with E-state index in [1.165, 1.54) is 82.6 Å². The summed E-state index contributed by atoms with van der Waals surface area (Å²) in [4.78, 5) is 4.74. The largest absolute Gasteiger partial charge is 0.494 e. The number of hydrogen-bond acceptors (Lipinski definition) is 2. The molecule has 2 heteroatoms. The van der Waals surface area contributed by atoms with Crippen LogP contribution in [0.1, 0.15) is 96.5 Å². The van der Waals surface area contributed by atoms with Gasteiger partial charge in [-0.15, -0.1) is 0 Å². The summed E-state index contributed by atoms with van der Waals surface area (Å²) in [5.74, 6) is 2.89. The van der Waals surface area contributed by atoms with Crippen LogP contribution in [0.3, 0.4) is 0 Å². The van der Waals surface area contributed by atoms with E-state index in [-0.39, 0.29) is 0 Å². The second-order valence-electron chi connectivity index (χ2n) is 9.55. The van der Waals surface area contributed by atoms with Crippen molar-refractivity contribution in [1.82, 2.24) is 4.98 Å². The van der Waals surface area contributed by atoms with Crippen molar-refractivity contribution in [3.8, 4) is 17.0 Å². The van der Waals surface area contributed by atoms with Gasteiger partial charge in [-0.1, -0.05) is 84.1 Å². The number of ether oxygens (including phenoxy) is 1. The minimum Gasteiger partial charge on any atom is -0.494 e. The number of aryl methyl sites for hydroxylation is 1. The monoisotopic (exact) mass is 421 g/mol. The van der Waals surface area contributed by atoms with E-state index in [2.05, 4.69) is 56.4 Å². The number of hydrogen-bond donors (Lipinski definition) is 0. The SMILES string of the molecule is CCCCCCCOc1ccc(-c2ccc(CCC3CCC(CCC)CC3)cn2)cc1. The van der Waals surface area contributed by atoms with Crippen LogP contribution >= 0.6 is 0 Å². The average molecular weight is 422 g/mol. The highest BCUT2D eigenvalue weighted by Gasteiger charge is 2.20. The van der Waals surface area contributed by atoms with Gasteiger partial charge in [-0.05, 0) is 67.0 Å². The van der Waals surface area contributed by atoms with E-state index in [9.17, 15) is 0 Å². The summed E-state index contributed by atoms with van der Waals surface area (Å²) < 4.78 is 5.89. The first kappa shape index (κ1) is 23.8. The molecular formula is C29H43NO. The number of unbranched alkanes of at least 4 members (excludes halogenated alkanes) is 4. The summed E-state index contributed by atoms with van der Waals surface area (Å²) in [7, 11) is 0. The van der Waals surface area contributed by atoms with Gasteiger partial charge in [0.1, 0.15) is 5.75 Å². The number of benzene rings is 1. The Hall–Kier alpha value is -1.83. The molecule has 0 saturated heterocycles. The van der Waals surface area contributed by atoms with Crippen molar-refractivity contribution >= 4 is 0 Å². The quantitative estimate of drug-likeness (QED) is 0.302. The van der Waals surface area contributed by atoms with E-state index in [1.54, 1.807) is 0 Å². The maximum atomic E-state index is 5.89. The summed E-state index contributed by atoms with van der Waals surface area (Å²) in [5.41, 5.74) is 3.59. The van der Waals surface area contributed by atoms with E-state index in [4.69, 9.17) is 9.72 Å². The average Bonchev–Trinajstić information content (AvgIpc) is 2.82. The number of nitrogens with zero attached hydrogens (tertiary/aromatic N) is 1. The van der Waals surface area contributed by atoms with E-state index in [0.717, 1.165) is 41.9 Å². The highest BCUT2D eigenvalue weighted by molar-refractivity contribution is 5.60. The number of rotatable bonds is 13. The Labute approximate surface area is 190 Å². The molecule has 0 bridgehead atoms. The lowest BCUT2D eigenvalue weighted by Crippen LogP contribution is -2.15. The second kappa shape index (κ2) is 13.6. The van der Waals surface area contributed by atoms with Crippen molar-refractivity contribution in [2.45, 2.75) is 97.3 Å². The third-order valence-corrected chi connectivity index (χ3v) is 7.00. The molecule has 1 aliphatic rings. The van der Waals surface area contributed by atoms with Gasteiger partial charge >= 0.3 is 0 Å². The molecule has 0 spiro atoms. The summed E-state index contributed by atoms with van der Waals surface area (Å²) in [6.45, 7) is 5.39. The molecule has 0 aliphatic heterocycles. The van der Waals surface area contributed by atoms with Gasteiger partial charge in [-0.3, -0.25) is 4.98 Å². The van der Waals surface area contributed by atoms with Crippen LogP contribution in [0.2, 0.25) is 0 Å². The molecule has 0 atom stereocenters. The topological polar surface area (TPSA) is 22.1 Å². The molecule has 0 N–H and O–H groups in total. The first-order valence-corrected chi connectivity index (χ1v) is 13.0. The Bertz CT molecular complexity index is 713. The molecule has 1 saturated carbocycles. The lowest BCUT2D eigenvalue weighted by molar-refractivity contribution is 0.252. The van der Waals surface area contributed by atoms with Crippen LogP contribution < -0.4 is 4.74 Å². The van der Waals surface area contributed by atoms with Gasteiger partial charge < -0.3 is 4.74 Å². The van der Waals surface area contributed by atoms with Crippen molar-refractivity contribution in [2.75, 3.05) is 6.61 Å². The fourth-order valence-electron chi connectivity index (χ4n) is 4.95. The van der Waals surface area contributed by atoms with Crippen LogP contribution in [0, 0.1) is 11.8 Å². The fraction of sp³-hybridized carbons (Fsp3) is 0.621. The zero-order valence-corrected chi connectivity index (χ0v) is 20.0. The third-order valence-electron chi connectivity index (χ3n) is 7.00. The van der Waals surface area contributed by atoms with Crippen LogP contribution in [0.5, 0.6) is 5.75 Å². The third kappa shape index (κ3) is 8.31. The Morgan fingerprint density at radius 3 is 2.13 bits per heavy atom. The summed E-state index contributed by atoms with van der Waals surface area (Å²) >= 11 is 0. The molecule has 0 radical (unpaired) electrons. The standard InChI is InChI=1S/C29H43NO/c1-3-5-6-7-8-22-31-28-19-17-27(18-20-28)29-21-16-26(23-30-29)15-14-25-12-10-24(9-4-2)11-13-25/h16-21,23-25H,3-15,22H2,1-2H3. The van der Waals surface area contributed by atoms with Crippen LogP contribution in [0.4, 0.5) is 0 Å². The molecule has 1 heterocycles. The molecule has 31 heavy (non-hydrogen) atoms. The van der Waals surface area contributed by atoms with Gasteiger partial charge in [0.2, 0.25) is 0 Å². The van der Waals surface area contributed by atoms with Crippen molar-refractivity contribution in [1.29, 1.82) is 0 Å². The fourth-order valence-corrected chi connectivity index (χ4v) is 4.95. The predicted molar refractivity (Wildman–Crippen MR) is 133 cm³/mol. The molecule has 170 valence electrons. The van der Waals surface area contributed by atoms with Gasteiger partial charge in [0, 0.05) is 11.8 Å². The van der Waals surface area contributed by atoms with Crippen molar-refractivity contribution < 1.29 is 4.74 Å². The summed E-state index contributed by atoms with van der Waals surface area (Å²) in [5, 5.41) is 0. The lowest BCUT2D eigenvalue weighted by Gasteiger charge is -2.28. The molecule has 2 aromatic rings. The maximum Gasteiger partial charge on any atom is 0.119 e. The molecule has 1 aromatic carbocycles. The summed E-state index contributed by atoms with van der Waals surface area (Å²) in [6.07, 6.45) is 19.5. The molecule has 0 unspecified atom stereocenters. The van der Waals surface area contributed by atoms with Crippen LogP contribution in [-0.2, 0) is 6.42 Å². The van der Waals surface area contributed by atoms with Gasteiger partial charge in [0.15, 0.2) is 0 Å². The minimum absolute atomic E-state index is 0.816. The maximum absolute atomic E-state index is 5.89. The van der Waals surface area contributed by atoms with Crippen molar-refractivity contribution in [3.05, 3.63) is 48.2 Å². The van der Waals surface area contributed by atoms with Crippen LogP contribution in [0.15, 0.2) is 42.6 Å². The summed E-state index contributed by atoms with van der Waals surface area (Å²) in [6, 6.07) is 12.9. The van der Waals surface area contributed by atoms with Crippen LogP contribution in [0.25, 0.3) is 11.3 Å².